The fourth-order valence-electron chi connectivity index (χ4n) is 5.40. The van der Waals surface area contributed by atoms with Crippen LogP contribution < -0.4 is 10.0 Å². The van der Waals surface area contributed by atoms with Gasteiger partial charge in [0.15, 0.2) is 5.82 Å². The van der Waals surface area contributed by atoms with Gasteiger partial charge in [0.2, 0.25) is 10.0 Å². The molecule has 37 heavy (non-hydrogen) atoms. The van der Waals surface area contributed by atoms with Crippen molar-refractivity contribution in [1.82, 2.24) is 24.9 Å². The summed E-state index contributed by atoms with van der Waals surface area (Å²) in [5.74, 6) is 0.411. The summed E-state index contributed by atoms with van der Waals surface area (Å²) in [4.78, 5) is 22.6. The fourth-order valence-corrected chi connectivity index (χ4v) is 6.15. The molecule has 2 aromatic rings. The van der Waals surface area contributed by atoms with Crippen molar-refractivity contribution < 1.29 is 13.2 Å². The van der Waals surface area contributed by atoms with E-state index < -0.39 is 10.0 Å². The van der Waals surface area contributed by atoms with Crippen LogP contribution in [0.15, 0.2) is 35.3 Å². The molecule has 0 aliphatic carbocycles. The fraction of sp³-hybridized carbons (Fsp3) is 0.480. The van der Waals surface area contributed by atoms with Crippen LogP contribution in [-0.2, 0) is 10.0 Å². The molecule has 3 fully saturated rings. The first-order chi connectivity index (χ1) is 17.7. The molecule has 0 radical (unpaired) electrons. The molecule has 1 amide bonds. The van der Waals surface area contributed by atoms with E-state index in [1.165, 1.54) is 12.1 Å². The molecular formula is C25H32ClN7O3S. The number of amides is 1. The number of aromatic nitrogens is 2. The Hall–Kier alpha value is -2.89. The normalized spacial score (nSPS) is 24.0. The van der Waals surface area contributed by atoms with E-state index in [1.807, 2.05) is 31.6 Å². The Bertz CT molecular complexity index is 1340. The summed E-state index contributed by atoms with van der Waals surface area (Å²) in [6.07, 6.45) is 10.4. The standard InChI is InChI=1S/C25H32ClN7O3S/c1-3-9-33-24(28-16-31-15-18-12-19(31)14-27-18)13-22(29-33)23-6-4-5-10-32(23)25(34)20-11-17(26)7-8-21(20)30-37(2,35)36/h3,7-9,11,13,16,18-19,23,27,30H,4-6,10,12,14-15H2,1-2H3/b9-3+,28-16+/t18-,19-,23-/m0/s1. The van der Waals surface area contributed by atoms with Crippen molar-refractivity contribution in [3.63, 3.8) is 0 Å². The highest BCUT2D eigenvalue weighted by Gasteiger charge is 2.36. The predicted octanol–water partition coefficient (Wildman–Crippen LogP) is 3.47. The first kappa shape index (κ1) is 25.7. The molecule has 0 saturated carbocycles. The van der Waals surface area contributed by atoms with Gasteiger partial charge < -0.3 is 15.1 Å². The van der Waals surface area contributed by atoms with Gasteiger partial charge in [-0.25, -0.2) is 18.1 Å². The molecule has 4 heterocycles. The Morgan fingerprint density at radius 3 is 2.84 bits per heavy atom. The van der Waals surface area contributed by atoms with Crippen LogP contribution in [0.1, 0.15) is 54.7 Å². The second-order valence-electron chi connectivity index (χ2n) is 9.86. The largest absolute Gasteiger partial charge is 0.357 e. The number of piperidine rings is 1. The van der Waals surface area contributed by atoms with E-state index in [4.69, 9.17) is 21.7 Å². The summed E-state index contributed by atoms with van der Waals surface area (Å²) in [7, 11) is -3.58. The lowest BCUT2D eigenvalue weighted by Gasteiger charge is -2.35. The van der Waals surface area contributed by atoms with E-state index in [9.17, 15) is 13.2 Å². The SMILES string of the molecule is C/C=C/n1nc([C@@H]2CCCCN2C(=O)c2cc(Cl)ccc2NS(C)(=O)=O)cc1/N=C/N1C[C@@H]2C[C@H]1CN2. The summed E-state index contributed by atoms with van der Waals surface area (Å²) in [5.41, 5.74) is 1.18. The Labute approximate surface area is 222 Å². The maximum absolute atomic E-state index is 13.8. The molecule has 3 aliphatic heterocycles. The van der Waals surface area contributed by atoms with Crippen LogP contribution in [-0.4, -0.2) is 78.2 Å². The minimum absolute atomic E-state index is 0.209. The highest BCUT2D eigenvalue weighted by molar-refractivity contribution is 7.92. The number of piperazine rings is 1. The molecule has 1 aromatic carbocycles. The number of rotatable bonds is 7. The molecule has 10 nitrogen and oxygen atoms in total. The van der Waals surface area contributed by atoms with E-state index in [0.717, 1.165) is 50.7 Å². The number of nitrogens with one attached hydrogen (secondary N) is 2. The third-order valence-corrected chi connectivity index (χ3v) is 7.90. The van der Waals surface area contributed by atoms with Crippen molar-refractivity contribution in [3.8, 4) is 0 Å². The minimum Gasteiger partial charge on any atom is -0.357 e. The van der Waals surface area contributed by atoms with Crippen molar-refractivity contribution in [2.24, 2.45) is 4.99 Å². The average Bonchev–Trinajstić information content (AvgIpc) is 3.59. The van der Waals surface area contributed by atoms with E-state index in [2.05, 4.69) is 14.9 Å². The van der Waals surface area contributed by atoms with Crippen LogP contribution in [0.2, 0.25) is 5.02 Å². The lowest BCUT2D eigenvalue weighted by atomic mass is 9.98. The molecule has 5 rings (SSSR count). The molecule has 3 atom stereocenters. The first-order valence-corrected chi connectivity index (χ1v) is 14.8. The number of benzene rings is 1. The third kappa shape index (κ3) is 5.68. The average molecular weight is 546 g/mol. The zero-order valence-corrected chi connectivity index (χ0v) is 22.5. The predicted molar refractivity (Wildman–Crippen MR) is 146 cm³/mol. The van der Waals surface area contributed by atoms with E-state index in [0.29, 0.717) is 29.5 Å². The van der Waals surface area contributed by atoms with Gasteiger partial charge >= 0.3 is 0 Å². The van der Waals surface area contributed by atoms with Crippen molar-refractivity contribution in [2.75, 3.05) is 30.6 Å². The van der Waals surface area contributed by atoms with E-state index in [1.54, 1.807) is 15.6 Å². The van der Waals surface area contributed by atoms with Crippen LogP contribution in [0.25, 0.3) is 6.20 Å². The number of halogens is 1. The van der Waals surface area contributed by atoms with Gasteiger partial charge in [0.05, 0.1) is 35.6 Å². The summed E-state index contributed by atoms with van der Waals surface area (Å²) in [6.45, 7) is 4.39. The smallest absolute Gasteiger partial charge is 0.256 e. The number of carbonyl (C=O) groups excluding carboxylic acids is 1. The van der Waals surface area contributed by atoms with Gasteiger partial charge in [-0.2, -0.15) is 5.10 Å². The molecule has 2 bridgehead atoms. The van der Waals surface area contributed by atoms with Crippen molar-refractivity contribution in [1.29, 1.82) is 0 Å². The number of likely N-dealkylation sites (tertiary alicyclic amines) is 2. The lowest BCUT2D eigenvalue weighted by Crippen LogP contribution is -2.42. The van der Waals surface area contributed by atoms with E-state index >= 15 is 0 Å². The van der Waals surface area contributed by atoms with Crippen molar-refractivity contribution in [3.05, 3.63) is 46.6 Å². The number of hydrogen-bond donors (Lipinski definition) is 2. The molecule has 0 spiro atoms. The number of nitrogens with zero attached hydrogens (tertiary/aromatic N) is 5. The molecule has 0 unspecified atom stereocenters. The number of carbonyl (C=O) groups is 1. The number of allylic oxidation sites excluding steroid dienone is 1. The van der Waals surface area contributed by atoms with Crippen molar-refractivity contribution in [2.45, 2.75) is 50.7 Å². The topological polar surface area (TPSA) is 112 Å². The lowest BCUT2D eigenvalue weighted by molar-refractivity contribution is 0.0607. The van der Waals surface area contributed by atoms with Crippen LogP contribution in [0.4, 0.5) is 11.5 Å². The highest BCUT2D eigenvalue weighted by Crippen LogP contribution is 2.35. The van der Waals surface area contributed by atoms with Crippen LogP contribution in [0, 0.1) is 0 Å². The van der Waals surface area contributed by atoms with Crippen LogP contribution >= 0.6 is 11.6 Å². The summed E-state index contributed by atoms with van der Waals surface area (Å²) >= 11 is 6.20. The number of sulfonamides is 1. The summed E-state index contributed by atoms with van der Waals surface area (Å²) < 4.78 is 28.0. The summed E-state index contributed by atoms with van der Waals surface area (Å²) in [5, 5.41) is 8.65. The number of hydrogen-bond acceptors (Lipinski definition) is 6. The third-order valence-electron chi connectivity index (χ3n) is 7.07. The second-order valence-corrected chi connectivity index (χ2v) is 12.0. The Morgan fingerprint density at radius 2 is 2.14 bits per heavy atom. The van der Waals surface area contributed by atoms with Gasteiger partial charge in [-0.3, -0.25) is 9.52 Å². The zero-order valence-electron chi connectivity index (χ0n) is 21.0. The molecule has 3 aliphatic rings. The number of fused-ring (bicyclic) bond motifs is 2. The van der Waals surface area contributed by atoms with Gasteiger partial charge in [-0.1, -0.05) is 17.7 Å². The highest BCUT2D eigenvalue weighted by atomic mass is 35.5. The maximum atomic E-state index is 13.8. The van der Waals surface area contributed by atoms with Crippen molar-refractivity contribution >= 4 is 51.6 Å². The summed E-state index contributed by atoms with van der Waals surface area (Å²) in [6, 6.07) is 7.27. The Balaban J connectivity index is 1.44. The first-order valence-electron chi connectivity index (χ1n) is 12.6. The molecule has 3 saturated heterocycles. The molecular weight excluding hydrogens is 514 g/mol. The Morgan fingerprint density at radius 1 is 1.30 bits per heavy atom. The molecule has 198 valence electrons. The molecule has 12 heteroatoms. The zero-order chi connectivity index (χ0) is 26.2. The maximum Gasteiger partial charge on any atom is 0.256 e. The quantitative estimate of drug-likeness (QED) is 0.407. The number of aliphatic imine (C=N–C) groups is 1. The second kappa shape index (κ2) is 10.5. The van der Waals surface area contributed by atoms with Gasteiger partial charge in [-0.05, 0) is 50.8 Å². The molecule has 1 aromatic heterocycles. The number of anilines is 1. The van der Waals surface area contributed by atoms with Gasteiger partial charge in [0.25, 0.3) is 5.91 Å². The van der Waals surface area contributed by atoms with Crippen LogP contribution in [0.3, 0.4) is 0 Å². The van der Waals surface area contributed by atoms with Gasteiger partial charge in [0.1, 0.15) is 0 Å². The minimum atomic E-state index is -3.58. The monoisotopic (exact) mass is 545 g/mol. The van der Waals surface area contributed by atoms with Gasteiger partial charge in [-0.15, -0.1) is 0 Å². The van der Waals surface area contributed by atoms with Crippen LogP contribution in [0.5, 0.6) is 0 Å². The Kier molecular flexibility index (Phi) is 7.28. The van der Waals surface area contributed by atoms with Gasteiger partial charge in [0, 0.05) is 49.0 Å². The molecule has 2 N–H and O–H groups in total. The van der Waals surface area contributed by atoms with E-state index in [-0.39, 0.29) is 23.2 Å².